The Morgan fingerprint density at radius 1 is 1.26 bits per heavy atom. The van der Waals surface area contributed by atoms with Crippen molar-refractivity contribution in [1.29, 1.82) is 0 Å². The van der Waals surface area contributed by atoms with Crippen LogP contribution in [-0.2, 0) is 0 Å². The van der Waals surface area contributed by atoms with Crippen LogP contribution < -0.4 is 0 Å². The van der Waals surface area contributed by atoms with Crippen molar-refractivity contribution in [3.05, 3.63) is 51.6 Å². The third-order valence-electron chi connectivity index (χ3n) is 4.70. The van der Waals surface area contributed by atoms with Gasteiger partial charge < -0.3 is 9.42 Å². The van der Waals surface area contributed by atoms with Gasteiger partial charge in [0.25, 0.3) is 5.91 Å². The first kappa shape index (κ1) is 17.8. The molecule has 1 aromatic carbocycles. The molecule has 140 valence electrons. The van der Waals surface area contributed by atoms with E-state index in [9.17, 15) is 9.18 Å². The van der Waals surface area contributed by atoms with Crippen LogP contribution in [0, 0.1) is 19.7 Å². The molecule has 6 nitrogen and oxygen atoms in total. The zero-order valence-electron chi connectivity index (χ0n) is 15.1. The van der Waals surface area contributed by atoms with Crippen molar-refractivity contribution in [2.45, 2.75) is 32.6 Å². The highest BCUT2D eigenvalue weighted by Gasteiger charge is 2.30. The van der Waals surface area contributed by atoms with Gasteiger partial charge in [0.15, 0.2) is 0 Å². The molecule has 1 fully saturated rings. The molecule has 1 aliphatic heterocycles. The van der Waals surface area contributed by atoms with Gasteiger partial charge in [0, 0.05) is 18.7 Å². The minimum Gasteiger partial charge on any atom is -0.339 e. The summed E-state index contributed by atoms with van der Waals surface area (Å²) in [7, 11) is 0. The number of thiazole rings is 1. The second kappa shape index (κ2) is 7.19. The first-order valence-corrected chi connectivity index (χ1v) is 9.66. The lowest BCUT2D eigenvalue weighted by Gasteiger charge is -2.30. The van der Waals surface area contributed by atoms with Crippen LogP contribution in [0.1, 0.15) is 45.0 Å². The standard InChI is InChI=1S/C19H19FN4O2S/c1-11-16(27-12(2)21-11)19(25)24-9-3-4-14(10-24)18-22-17(23-26-18)13-5-7-15(20)8-6-13/h5-8,14H,3-4,9-10H2,1-2H3. The first-order chi connectivity index (χ1) is 13.0. The van der Waals surface area contributed by atoms with E-state index in [1.807, 2.05) is 18.7 Å². The van der Waals surface area contributed by atoms with E-state index in [-0.39, 0.29) is 17.6 Å². The molecule has 1 saturated heterocycles. The fourth-order valence-electron chi connectivity index (χ4n) is 3.35. The van der Waals surface area contributed by atoms with Crippen LogP contribution in [0.3, 0.4) is 0 Å². The molecule has 1 unspecified atom stereocenters. The van der Waals surface area contributed by atoms with Crippen molar-refractivity contribution in [3.8, 4) is 11.4 Å². The first-order valence-electron chi connectivity index (χ1n) is 8.84. The van der Waals surface area contributed by atoms with Crippen LogP contribution in [0.25, 0.3) is 11.4 Å². The van der Waals surface area contributed by atoms with Gasteiger partial charge in [0.1, 0.15) is 10.7 Å². The summed E-state index contributed by atoms with van der Waals surface area (Å²) in [6, 6.07) is 5.97. The van der Waals surface area contributed by atoms with Crippen LogP contribution in [-0.4, -0.2) is 39.0 Å². The van der Waals surface area contributed by atoms with E-state index >= 15 is 0 Å². The quantitative estimate of drug-likeness (QED) is 0.681. The van der Waals surface area contributed by atoms with Gasteiger partial charge in [0.05, 0.1) is 16.6 Å². The number of aromatic nitrogens is 3. The van der Waals surface area contributed by atoms with E-state index in [1.54, 1.807) is 12.1 Å². The molecule has 2 aromatic heterocycles. The molecule has 27 heavy (non-hydrogen) atoms. The van der Waals surface area contributed by atoms with E-state index in [1.165, 1.54) is 23.5 Å². The van der Waals surface area contributed by atoms with Gasteiger partial charge >= 0.3 is 0 Å². The smallest absolute Gasteiger partial charge is 0.265 e. The number of piperidine rings is 1. The van der Waals surface area contributed by atoms with Gasteiger partial charge in [-0.05, 0) is 51.0 Å². The molecule has 3 heterocycles. The Morgan fingerprint density at radius 3 is 2.74 bits per heavy atom. The summed E-state index contributed by atoms with van der Waals surface area (Å²) in [6.07, 6.45) is 1.76. The van der Waals surface area contributed by atoms with E-state index in [0.717, 1.165) is 23.5 Å². The number of benzene rings is 1. The Morgan fingerprint density at radius 2 is 2.04 bits per heavy atom. The lowest BCUT2D eigenvalue weighted by Crippen LogP contribution is -2.39. The lowest BCUT2D eigenvalue weighted by atomic mass is 9.97. The highest BCUT2D eigenvalue weighted by Crippen LogP contribution is 2.29. The summed E-state index contributed by atoms with van der Waals surface area (Å²) in [4.78, 5) is 24.2. The van der Waals surface area contributed by atoms with Crippen molar-refractivity contribution in [2.75, 3.05) is 13.1 Å². The Hall–Kier alpha value is -2.61. The zero-order valence-corrected chi connectivity index (χ0v) is 15.9. The molecule has 0 saturated carbocycles. The SMILES string of the molecule is Cc1nc(C)c(C(=O)N2CCCC(c3nc(-c4ccc(F)cc4)no3)C2)s1. The normalized spacial score (nSPS) is 17.3. The highest BCUT2D eigenvalue weighted by molar-refractivity contribution is 7.13. The van der Waals surface area contributed by atoms with Gasteiger partial charge in [-0.2, -0.15) is 4.98 Å². The van der Waals surface area contributed by atoms with Gasteiger partial charge in [-0.3, -0.25) is 4.79 Å². The fourth-order valence-corrected chi connectivity index (χ4v) is 4.24. The third-order valence-corrected chi connectivity index (χ3v) is 5.76. The lowest BCUT2D eigenvalue weighted by molar-refractivity contribution is 0.0699. The fraction of sp³-hybridized carbons (Fsp3) is 0.368. The van der Waals surface area contributed by atoms with Crippen LogP contribution in [0.5, 0.6) is 0 Å². The average molecular weight is 386 g/mol. The van der Waals surface area contributed by atoms with E-state index in [4.69, 9.17) is 4.52 Å². The summed E-state index contributed by atoms with van der Waals surface area (Å²) >= 11 is 1.43. The summed E-state index contributed by atoms with van der Waals surface area (Å²) in [5.74, 6) is 0.656. The van der Waals surface area contributed by atoms with Crippen LogP contribution in [0.4, 0.5) is 4.39 Å². The van der Waals surface area contributed by atoms with Crippen molar-refractivity contribution < 1.29 is 13.7 Å². The summed E-state index contributed by atoms with van der Waals surface area (Å²) in [5, 5.41) is 4.91. The number of carbonyl (C=O) groups is 1. The van der Waals surface area contributed by atoms with Crippen molar-refractivity contribution in [3.63, 3.8) is 0 Å². The number of aryl methyl sites for hydroxylation is 2. The largest absolute Gasteiger partial charge is 0.339 e. The molecule has 0 N–H and O–H groups in total. The summed E-state index contributed by atoms with van der Waals surface area (Å²) in [6.45, 7) is 5.03. The highest BCUT2D eigenvalue weighted by atomic mass is 32.1. The molecule has 8 heteroatoms. The number of carbonyl (C=O) groups excluding carboxylic acids is 1. The molecular formula is C19H19FN4O2S. The molecule has 0 spiro atoms. The monoisotopic (exact) mass is 386 g/mol. The predicted molar refractivity (Wildman–Crippen MR) is 99.2 cm³/mol. The molecule has 3 aromatic rings. The van der Waals surface area contributed by atoms with E-state index in [2.05, 4.69) is 15.1 Å². The molecule has 1 atom stereocenters. The maximum Gasteiger partial charge on any atom is 0.265 e. The Kier molecular flexibility index (Phi) is 4.73. The molecule has 0 aliphatic carbocycles. The zero-order chi connectivity index (χ0) is 19.0. The maximum absolute atomic E-state index is 13.1. The van der Waals surface area contributed by atoms with Gasteiger partial charge in [-0.25, -0.2) is 9.37 Å². The molecule has 1 aliphatic rings. The molecule has 1 amide bonds. The molecule has 0 bridgehead atoms. The molecule has 4 rings (SSSR count). The maximum atomic E-state index is 13.1. The van der Waals surface area contributed by atoms with Gasteiger partial charge in [-0.1, -0.05) is 5.16 Å². The number of hydrogen-bond acceptors (Lipinski definition) is 6. The summed E-state index contributed by atoms with van der Waals surface area (Å²) in [5.41, 5.74) is 1.48. The number of nitrogens with zero attached hydrogens (tertiary/aromatic N) is 4. The average Bonchev–Trinajstić information content (AvgIpc) is 3.28. The summed E-state index contributed by atoms with van der Waals surface area (Å²) < 4.78 is 18.5. The predicted octanol–water partition coefficient (Wildman–Crippen LogP) is 3.97. The third kappa shape index (κ3) is 3.62. The van der Waals surface area contributed by atoms with Crippen molar-refractivity contribution >= 4 is 17.2 Å². The van der Waals surface area contributed by atoms with Crippen LogP contribution in [0.2, 0.25) is 0 Å². The second-order valence-electron chi connectivity index (χ2n) is 6.70. The Balaban J connectivity index is 1.51. The number of rotatable bonds is 3. The number of hydrogen-bond donors (Lipinski definition) is 0. The molecule has 0 radical (unpaired) electrons. The number of amides is 1. The Labute approximate surface area is 160 Å². The van der Waals surface area contributed by atoms with Crippen LogP contribution >= 0.6 is 11.3 Å². The van der Waals surface area contributed by atoms with Crippen molar-refractivity contribution in [1.82, 2.24) is 20.0 Å². The van der Waals surface area contributed by atoms with E-state index < -0.39 is 0 Å². The second-order valence-corrected chi connectivity index (χ2v) is 7.90. The minimum absolute atomic E-state index is 0.00118. The Bertz CT molecular complexity index is 967. The topological polar surface area (TPSA) is 72.1 Å². The minimum atomic E-state index is -0.308. The van der Waals surface area contributed by atoms with E-state index in [0.29, 0.717) is 35.2 Å². The number of halogens is 1. The number of likely N-dealkylation sites (tertiary alicyclic amines) is 1. The molecular weight excluding hydrogens is 367 g/mol. The van der Waals surface area contributed by atoms with Gasteiger partial charge in [-0.15, -0.1) is 11.3 Å². The van der Waals surface area contributed by atoms with Crippen molar-refractivity contribution in [2.24, 2.45) is 0 Å². The van der Waals surface area contributed by atoms with Crippen LogP contribution in [0.15, 0.2) is 28.8 Å². The van der Waals surface area contributed by atoms with Gasteiger partial charge in [0.2, 0.25) is 11.7 Å².